The van der Waals surface area contributed by atoms with Crippen molar-refractivity contribution in [3.8, 4) is 5.75 Å². The lowest BCUT2D eigenvalue weighted by molar-refractivity contribution is 0.108. The second-order valence-electron chi connectivity index (χ2n) is 5.25. The highest BCUT2D eigenvalue weighted by Gasteiger charge is 2.08. The van der Waals surface area contributed by atoms with E-state index in [2.05, 4.69) is 25.1 Å². The molecule has 1 atom stereocenters. The lowest BCUT2D eigenvalue weighted by Gasteiger charge is -2.14. The van der Waals surface area contributed by atoms with Crippen LogP contribution < -0.4 is 4.74 Å². The van der Waals surface area contributed by atoms with Crippen LogP contribution in [0.3, 0.4) is 0 Å². The molecule has 0 radical (unpaired) electrons. The molecule has 2 heteroatoms. The van der Waals surface area contributed by atoms with Crippen molar-refractivity contribution in [2.24, 2.45) is 0 Å². The van der Waals surface area contributed by atoms with Gasteiger partial charge in [-0.1, -0.05) is 37.3 Å². The van der Waals surface area contributed by atoms with E-state index in [1.54, 1.807) is 0 Å². The summed E-state index contributed by atoms with van der Waals surface area (Å²) in [4.78, 5) is 0. The van der Waals surface area contributed by atoms with Crippen LogP contribution in [0.4, 0.5) is 0 Å². The molecule has 0 amide bonds. The molecule has 2 aromatic carbocycles. The van der Waals surface area contributed by atoms with Crippen molar-refractivity contribution in [2.75, 3.05) is 6.61 Å². The molecule has 0 fully saturated rings. The molecule has 0 aliphatic rings. The highest BCUT2D eigenvalue weighted by atomic mass is 16.5. The Morgan fingerprint density at radius 1 is 1.00 bits per heavy atom. The first kappa shape index (κ1) is 14.6. The Hall–Kier alpha value is -1.80. The summed E-state index contributed by atoms with van der Waals surface area (Å²) in [7, 11) is 0. The molecule has 1 N–H and O–H groups in total. The molecule has 0 heterocycles. The van der Waals surface area contributed by atoms with Crippen LogP contribution in [0.2, 0.25) is 0 Å². The lowest BCUT2D eigenvalue weighted by atomic mass is 10.1. The van der Waals surface area contributed by atoms with E-state index in [1.807, 2.05) is 38.1 Å². The van der Waals surface area contributed by atoms with Crippen molar-refractivity contribution in [2.45, 2.75) is 33.3 Å². The van der Waals surface area contributed by atoms with Crippen molar-refractivity contribution in [3.05, 3.63) is 64.7 Å². The van der Waals surface area contributed by atoms with Crippen LogP contribution in [-0.4, -0.2) is 11.7 Å². The third-order valence-electron chi connectivity index (χ3n) is 3.38. The van der Waals surface area contributed by atoms with Crippen LogP contribution >= 0.6 is 0 Å². The molecule has 0 aliphatic heterocycles. The van der Waals surface area contributed by atoms with Crippen LogP contribution in [0.1, 0.15) is 35.3 Å². The van der Waals surface area contributed by atoms with Crippen molar-refractivity contribution in [3.63, 3.8) is 0 Å². The predicted octanol–water partition coefficient (Wildman–Crippen LogP) is 3.98. The van der Waals surface area contributed by atoms with Gasteiger partial charge in [0.2, 0.25) is 0 Å². The number of benzene rings is 2. The molecule has 2 rings (SSSR count). The minimum Gasteiger partial charge on any atom is -0.491 e. The fraction of sp³-hybridized carbons (Fsp3) is 0.333. The first-order valence-electron chi connectivity index (χ1n) is 7.06. The van der Waals surface area contributed by atoms with Crippen LogP contribution in [0.25, 0.3) is 0 Å². The average molecular weight is 270 g/mol. The molecule has 2 nitrogen and oxygen atoms in total. The quantitative estimate of drug-likeness (QED) is 0.890. The highest BCUT2D eigenvalue weighted by molar-refractivity contribution is 5.33. The number of ether oxygens (including phenoxy) is 1. The van der Waals surface area contributed by atoms with Crippen LogP contribution in [0.5, 0.6) is 5.75 Å². The number of rotatable bonds is 5. The second-order valence-corrected chi connectivity index (χ2v) is 5.25. The van der Waals surface area contributed by atoms with Gasteiger partial charge in [0.15, 0.2) is 0 Å². The van der Waals surface area contributed by atoms with Gasteiger partial charge in [-0.25, -0.2) is 0 Å². The van der Waals surface area contributed by atoms with Gasteiger partial charge in [-0.3, -0.25) is 0 Å². The molecule has 0 saturated carbocycles. The standard InChI is InChI=1S/C18H22O2/c1-4-15-5-7-16(8-6-15)18(19)12-20-17-10-13(2)9-14(3)11-17/h5-11,18-19H,4,12H2,1-3H3. The van der Waals surface area contributed by atoms with Crippen molar-refractivity contribution in [1.82, 2.24) is 0 Å². The van der Waals surface area contributed by atoms with Gasteiger partial charge in [0.05, 0.1) is 0 Å². The second kappa shape index (κ2) is 6.58. The Morgan fingerprint density at radius 3 is 2.15 bits per heavy atom. The summed E-state index contributed by atoms with van der Waals surface area (Å²) in [6, 6.07) is 14.1. The maximum Gasteiger partial charge on any atom is 0.119 e. The first-order chi connectivity index (χ1) is 9.58. The van der Waals surface area contributed by atoms with Crippen LogP contribution in [-0.2, 0) is 6.42 Å². The van der Waals surface area contributed by atoms with Gasteiger partial charge >= 0.3 is 0 Å². The van der Waals surface area contributed by atoms with E-state index in [0.717, 1.165) is 17.7 Å². The van der Waals surface area contributed by atoms with E-state index in [4.69, 9.17) is 4.74 Å². The summed E-state index contributed by atoms with van der Waals surface area (Å²) >= 11 is 0. The Labute approximate surface area is 121 Å². The predicted molar refractivity (Wildman–Crippen MR) is 82.2 cm³/mol. The molecule has 0 spiro atoms. The Kier molecular flexibility index (Phi) is 4.80. The molecule has 20 heavy (non-hydrogen) atoms. The molecule has 0 saturated heterocycles. The van der Waals surface area contributed by atoms with E-state index < -0.39 is 6.10 Å². The Morgan fingerprint density at radius 2 is 1.60 bits per heavy atom. The van der Waals surface area contributed by atoms with E-state index in [9.17, 15) is 5.11 Å². The number of aliphatic hydroxyl groups is 1. The van der Waals surface area contributed by atoms with Crippen LogP contribution in [0, 0.1) is 13.8 Å². The smallest absolute Gasteiger partial charge is 0.119 e. The van der Waals surface area contributed by atoms with Gasteiger partial charge in [-0.15, -0.1) is 0 Å². The van der Waals surface area contributed by atoms with E-state index >= 15 is 0 Å². The summed E-state index contributed by atoms with van der Waals surface area (Å²) in [5, 5.41) is 10.2. The van der Waals surface area contributed by atoms with Gasteiger partial charge in [-0.05, 0) is 54.7 Å². The van der Waals surface area contributed by atoms with Gasteiger partial charge in [-0.2, -0.15) is 0 Å². The molecule has 2 aromatic rings. The lowest BCUT2D eigenvalue weighted by Crippen LogP contribution is -2.09. The molecule has 0 aliphatic carbocycles. The number of aryl methyl sites for hydroxylation is 3. The first-order valence-corrected chi connectivity index (χ1v) is 7.06. The maximum atomic E-state index is 10.2. The fourth-order valence-electron chi connectivity index (χ4n) is 2.26. The van der Waals surface area contributed by atoms with Gasteiger partial charge in [0, 0.05) is 0 Å². The summed E-state index contributed by atoms with van der Waals surface area (Å²) in [5.74, 6) is 0.812. The van der Waals surface area contributed by atoms with Crippen molar-refractivity contribution in [1.29, 1.82) is 0 Å². The molecule has 1 unspecified atom stereocenters. The molecule has 0 bridgehead atoms. The van der Waals surface area contributed by atoms with Gasteiger partial charge in [0.25, 0.3) is 0 Å². The van der Waals surface area contributed by atoms with E-state index in [-0.39, 0.29) is 6.61 Å². The Bertz CT molecular complexity index is 538. The SMILES string of the molecule is CCc1ccc(C(O)COc2cc(C)cc(C)c2)cc1. The molecular weight excluding hydrogens is 248 g/mol. The monoisotopic (exact) mass is 270 g/mol. The van der Waals surface area contributed by atoms with E-state index in [1.165, 1.54) is 16.7 Å². The Balaban J connectivity index is 1.98. The largest absolute Gasteiger partial charge is 0.491 e. The number of aliphatic hydroxyl groups excluding tert-OH is 1. The molecular formula is C18H22O2. The molecule has 0 aromatic heterocycles. The highest BCUT2D eigenvalue weighted by Crippen LogP contribution is 2.19. The summed E-state index contributed by atoms with van der Waals surface area (Å²) in [5.41, 5.74) is 4.51. The van der Waals surface area contributed by atoms with Crippen molar-refractivity contribution < 1.29 is 9.84 Å². The summed E-state index contributed by atoms with van der Waals surface area (Å²) in [6.07, 6.45) is 0.414. The minimum atomic E-state index is -0.596. The van der Waals surface area contributed by atoms with Crippen LogP contribution in [0.15, 0.2) is 42.5 Å². The molecule has 106 valence electrons. The van der Waals surface area contributed by atoms with Crippen molar-refractivity contribution >= 4 is 0 Å². The summed E-state index contributed by atoms with van der Waals surface area (Å²) in [6.45, 7) is 6.47. The topological polar surface area (TPSA) is 29.5 Å². The third kappa shape index (κ3) is 3.84. The number of hydrogen-bond donors (Lipinski definition) is 1. The number of hydrogen-bond acceptors (Lipinski definition) is 2. The average Bonchev–Trinajstić information content (AvgIpc) is 2.44. The minimum absolute atomic E-state index is 0.272. The fourth-order valence-corrected chi connectivity index (χ4v) is 2.26. The zero-order valence-corrected chi connectivity index (χ0v) is 12.4. The third-order valence-corrected chi connectivity index (χ3v) is 3.38. The normalized spacial score (nSPS) is 12.2. The maximum absolute atomic E-state index is 10.2. The van der Waals surface area contributed by atoms with E-state index in [0.29, 0.717) is 0 Å². The summed E-state index contributed by atoms with van der Waals surface area (Å²) < 4.78 is 5.69. The van der Waals surface area contributed by atoms with Gasteiger partial charge in [0.1, 0.15) is 18.5 Å². The van der Waals surface area contributed by atoms with Gasteiger partial charge < -0.3 is 9.84 Å². The zero-order valence-electron chi connectivity index (χ0n) is 12.4. The zero-order chi connectivity index (χ0) is 14.5.